The SMILES string of the molecule is Cn1c2ccccc2n2c3cc4sc5ncccc5c4cc3nc12. The van der Waals surface area contributed by atoms with Crippen molar-refractivity contribution in [2.75, 3.05) is 0 Å². The van der Waals surface area contributed by atoms with E-state index in [1.54, 1.807) is 11.3 Å². The topological polar surface area (TPSA) is 35.1 Å². The third kappa shape index (κ3) is 1.39. The van der Waals surface area contributed by atoms with Crippen molar-refractivity contribution in [2.24, 2.45) is 7.05 Å². The molecular formula is C19H12N4S. The van der Waals surface area contributed by atoms with E-state index in [9.17, 15) is 0 Å². The van der Waals surface area contributed by atoms with Gasteiger partial charge in [0.1, 0.15) is 4.83 Å². The van der Waals surface area contributed by atoms with Crippen molar-refractivity contribution in [1.82, 2.24) is 18.9 Å². The minimum absolute atomic E-state index is 0.978. The highest BCUT2D eigenvalue weighted by atomic mass is 32.1. The Labute approximate surface area is 140 Å². The molecule has 0 spiro atoms. The smallest absolute Gasteiger partial charge is 0.215 e. The van der Waals surface area contributed by atoms with Crippen LogP contribution in [-0.4, -0.2) is 18.9 Å². The van der Waals surface area contributed by atoms with Gasteiger partial charge in [0, 0.05) is 28.7 Å². The Hall–Kier alpha value is -2.92. The van der Waals surface area contributed by atoms with Crippen molar-refractivity contribution >= 4 is 59.5 Å². The number of fused-ring (bicyclic) bond motifs is 8. The first-order chi connectivity index (χ1) is 11.8. The van der Waals surface area contributed by atoms with Gasteiger partial charge in [0.25, 0.3) is 0 Å². The van der Waals surface area contributed by atoms with Crippen LogP contribution in [0.4, 0.5) is 0 Å². The molecule has 6 aromatic rings. The van der Waals surface area contributed by atoms with Gasteiger partial charge < -0.3 is 4.57 Å². The minimum atomic E-state index is 0.978. The zero-order valence-corrected chi connectivity index (χ0v) is 13.7. The van der Waals surface area contributed by atoms with Gasteiger partial charge in [-0.15, -0.1) is 11.3 Å². The molecule has 0 saturated carbocycles. The number of benzene rings is 2. The molecule has 0 amide bonds. The van der Waals surface area contributed by atoms with Gasteiger partial charge in [-0.2, -0.15) is 0 Å². The molecule has 0 atom stereocenters. The summed E-state index contributed by atoms with van der Waals surface area (Å²) in [4.78, 5) is 10.5. The van der Waals surface area contributed by atoms with Crippen LogP contribution in [-0.2, 0) is 7.05 Å². The number of imidazole rings is 2. The normalized spacial score (nSPS) is 12.4. The average Bonchev–Trinajstić information content (AvgIpc) is 3.24. The van der Waals surface area contributed by atoms with E-state index in [1.807, 2.05) is 12.3 Å². The summed E-state index contributed by atoms with van der Waals surface area (Å²) in [6.45, 7) is 0. The van der Waals surface area contributed by atoms with Crippen LogP contribution < -0.4 is 0 Å². The summed E-state index contributed by atoms with van der Waals surface area (Å²) in [5.74, 6) is 0.978. The Bertz CT molecular complexity index is 1420. The van der Waals surface area contributed by atoms with Gasteiger partial charge in [0.2, 0.25) is 5.78 Å². The lowest BCUT2D eigenvalue weighted by molar-refractivity contribution is 0.974. The molecule has 5 heteroatoms. The molecule has 4 nitrogen and oxygen atoms in total. The van der Waals surface area contributed by atoms with Gasteiger partial charge in [-0.25, -0.2) is 9.97 Å². The largest absolute Gasteiger partial charge is 0.313 e. The summed E-state index contributed by atoms with van der Waals surface area (Å²) in [6, 6.07) is 17.0. The van der Waals surface area contributed by atoms with Crippen LogP contribution in [0.3, 0.4) is 0 Å². The fourth-order valence-corrected chi connectivity index (χ4v) is 4.73. The van der Waals surface area contributed by atoms with E-state index >= 15 is 0 Å². The summed E-state index contributed by atoms with van der Waals surface area (Å²) in [6.07, 6.45) is 1.85. The molecule has 0 unspecified atom stereocenters. The number of aryl methyl sites for hydroxylation is 1. The predicted molar refractivity (Wildman–Crippen MR) is 99.9 cm³/mol. The number of rotatable bonds is 0. The quantitative estimate of drug-likeness (QED) is 0.403. The first-order valence-corrected chi connectivity index (χ1v) is 8.66. The number of pyridine rings is 1. The van der Waals surface area contributed by atoms with Crippen molar-refractivity contribution < 1.29 is 0 Å². The van der Waals surface area contributed by atoms with Gasteiger partial charge in [0.15, 0.2) is 0 Å². The number of para-hydroxylation sites is 2. The first-order valence-electron chi connectivity index (χ1n) is 7.84. The van der Waals surface area contributed by atoms with Crippen LogP contribution in [0, 0.1) is 0 Å². The zero-order valence-electron chi connectivity index (χ0n) is 12.9. The van der Waals surface area contributed by atoms with E-state index in [0.29, 0.717) is 0 Å². The van der Waals surface area contributed by atoms with E-state index in [4.69, 9.17) is 4.98 Å². The Kier molecular flexibility index (Phi) is 2.15. The molecule has 6 rings (SSSR count). The maximum atomic E-state index is 4.90. The Morgan fingerprint density at radius 2 is 1.79 bits per heavy atom. The van der Waals surface area contributed by atoms with Gasteiger partial charge in [-0.05, 0) is 36.4 Å². The standard InChI is InChI=1S/C19H12N4S/c1-22-14-6-2-3-7-15(14)23-16-10-17-12(9-13(16)21-19(22)23)11-5-4-8-20-18(11)24-17/h2-10H,1H3. The van der Waals surface area contributed by atoms with Crippen molar-refractivity contribution in [1.29, 1.82) is 0 Å². The lowest BCUT2D eigenvalue weighted by Crippen LogP contribution is -1.87. The van der Waals surface area contributed by atoms with Crippen LogP contribution in [0.1, 0.15) is 0 Å². The molecule has 0 bridgehead atoms. The van der Waals surface area contributed by atoms with Crippen molar-refractivity contribution in [3.63, 3.8) is 0 Å². The Morgan fingerprint density at radius 1 is 0.917 bits per heavy atom. The van der Waals surface area contributed by atoms with Crippen LogP contribution in [0.2, 0.25) is 0 Å². The summed E-state index contributed by atoms with van der Waals surface area (Å²) >= 11 is 1.74. The van der Waals surface area contributed by atoms with E-state index < -0.39 is 0 Å². The third-order valence-corrected chi connectivity index (χ3v) is 5.87. The van der Waals surface area contributed by atoms with E-state index in [2.05, 4.69) is 63.5 Å². The molecule has 0 radical (unpaired) electrons. The molecule has 4 aromatic heterocycles. The zero-order chi connectivity index (χ0) is 15.8. The van der Waals surface area contributed by atoms with E-state index in [0.717, 1.165) is 21.6 Å². The van der Waals surface area contributed by atoms with Crippen molar-refractivity contribution in [3.8, 4) is 0 Å². The van der Waals surface area contributed by atoms with Gasteiger partial charge >= 0.3 is 0 Å². The lowest BCUT2D eigenvalue weighted by atomic mass is 10.2. The van der Waals surface area contributed by atoms with Crippen LogP contribution in [0.15, 0.2) is 54.7 Å². The molecule has 0 aliphatic carbocycles. The molecule has 0 saturated heterocycles. The lowest BCUT2D eigenvalue weighted by Gasteiger charge is -1.96. The molecule has 24 heavy (non-hydrogen) atoms. The van der Waals surface area contributed by atoms with Gasteiger partial charge in [0.05, 0.1) is 22.1 Å². The fraction of sp³-hybridized carbons (Fsp3) is 0.0526. The minimum Gasteiger partial charge on any atom is -0.313 e. The maximum absolute atomic E-state index is 4.90. The fourth-order valence-electron chi connectivity index (χ4n) is 3.68. The van der Waals surface area contributed by atoms with Crippen molar-refractivity contribution in [3.05, 3.63) is 54.7 Å². The highest BCUT2D eigenvalue weighted by Gasteiger charge is 2.15. The second kappa shape index (κ2) is 4.13. The number of nitrogens with zero attached hydrogens (tertiary/aromatic N) is 4. The number of aromatic nitrogens is 4. The highest BCUT2D eigenvalue weighted by Crippen LogP contribution is 2.36. The molecule has 0 N–H and O–H groups in total. The number of hydrogen-bond acceptors (Lipinski definition) is 3. The highest BCUT2D eigenvalue weighted by molar-refractivity contribution is 7.25. The number of hydrogen-bond donors (Lipinski definition) is 0. The summed E-state index contributed by atoms with van der Waals surface area (Å²) in [5, 5.41) is 2.45. The van der Waals surface area contributed by atoms with E-state index in [-0.39, 0.29) is 0 Å². The summed E-state index contributed by atoms with van der Waals surface area (Å²) in [7, 11) is 2.07. The predicted octanol–water partition coefficient (Wildman–Crippen LogP) is 4.74. The van der Waals surface area contributed by atoms with Crippen molar-refractivity contribution in [2.45, 2.75) is 0 Å². The molecule has 4 heterocycles. The molecule has 0 aliphatic rings. The average molecular weight is 328 g/mol. The second-order valence-corrected chi connectivity index (χ2v) is 7.12. The van der Waals surface area contributed by atoms with E-state index in [1.165, 1.54) is 26.5 Å². The van der Waals surface area contributed by atoms with Crippen LogP contribution in [0.5, 0.6) is 0 Å². The number of thiophene rings is 1. The Balaban J connectivity index is 1.88. The molecule has 0 fully saturated rings. The van der Waals surface area contributed by atoms with Gasteiger partial charge in [-0.3, -0.25) is 4.40 Å². The Morgan fingerprint density at radius 3 is 2.71 bits per heavy atom. The second-order valence-electron chi connectivity index (χ2n) is 6.09. The first kappa shape index (κ1) is 12.5. The van der Waals surface area contributed by atoms with Gasteiger partial charge in [-0.1, -0.05) is 12.1 Å². The van der Waals surface area contributed by atoms with Crippen LogP contribution in [0.25, 0.3) is 48.1 Å². The summed E-state index contributed by atoms with van der Waals surface area (Å²) in [5.41, 5.74) is 4.57. The maximum Gasteiger partial charge on any atom is 0.215 e. The molecule has 0 aliphatic heterocycles. The molecular weight excluding hydrogens is 316 g/mol. The molecule has 114 valence electrons. The van der Waals surface area contributed by atoms with Crippen LogP contribution >= 0.6 is 11.3 Å². The summed E-state index contributed by atoms with van der Waals surface area (Å²) < 4.78 is 5.66. The monoisotopic (exact) mass is 328 g/mol. The third-order valence-electron chi connectivity index (χ3n) is 4.79. The molecule has 2 aromatic carbocycles.